The van der Waals surface area contributed by atoms with Crippen molar-refractivity contribution in [2.24, 2.45) is 0 Å². The van der Waals surface area contributed by atoms with Crippen LogP contribution < -0.4 is 10.6 Å². The van der Waals surface area contributed by atoms with E-state index in [1.807, 2.05) is 51.1 Å². The second-order valence-electron chi connectivity index (χ2n) is 6.25. The summed E-state index contributed by atoms with van der Waals surface area (Å²) in [7, 11) is 0. The molecule has 5 heteroatoms. The Kier molecular flexibility index (Phi) is 5.20. The van der Waals surface area contributed by atoms with Crippen molar-refractivity contribution in [3.63, 3.8) is 0 Å². The molecule has 1 aromatic rings. The molecule has 5 nitrogen and oxygen atoms in total. The maximum Gasteiger partial charge on any atom is 0.408 e. The first-order valence-electron chi connectivity index (χ1n) is 7.29. The Balaban J connectivity index is 1.95. The van der Waals surface area contributed by atoms with Crippen LogP contribution in [0.2, 0.25) is 0 Å². The lowest BCUT2D eigenvalue weighted by molar-refractivity contribution is -0.00607. The van der Waals surface area contributed by atoms with Crippen LogP contribution >= 0.6 is 0 Å². The Morgan fingerprint density at radius 1 is 1.33 bits per heavy atom. The fourth-order valence-corrected chi connectivity index (χ4v) is 2.03. The van der Waals surface area contributed by atoms with Crippen LogP contribution in [0.3, 0.4) is 0 Å². The van der Waals surface area contributed by atoms with Crippen LogP contribution in [0.5, 0.6) is 0 Å². The molecular weight excluding hydrogens is 268 g/mol. The first kappa shape index (κ1) is 15.8. The van der Waals surface area contributed by atoms with E-state index in [1.54, 1.807) is 0 Å². The summed E-state index contributed by atoms with van der Waals surface area (Å²) in [6.07, 6.45) is -0.400. The predicted molar refractivity (Wildman–Crippen MR) is 81.2 cm³/mol. The van der Waals surface area contributed by atoms with Gasteiger partial charge in [0.05, 0.1) is 25.3 Å². The van der Waals surface area contributed by atoms with Crippen molar-refractivity contribution in [2.75, 3.05) is 19.8 Å². The fourth-order valence-electron chi connectivity index (χ4n) is 2.03. The van der Waals surface area contributed by atoms with E-state index in [0.717, 1.165) is 18.8 Å². The molecule has 1 fully saturated rings. The lowest BCUT2D eigenvalue weighted by Crippen LogP contribution is -2.49. The lowest BCUT2D eigenvalue weighted by Gasteiger charge is -2.30. The number of benzene rings is 1. The minimum Gasteiger partial charge on any atom is -0.444 e. The minimum absolute atomic E-state index is 0.123. The van der Waals surface area contributed by atoms with E-state index >= 15 is 0 Å². The fraction of sp³-hybridized carbons (Fsp3) is 0.562. The quantitative estimate of drug-likeness (QED) is 0.874. The molecule has 21 heavy (non-hydrogen) atoms. The van der Waals surface area contributed by atoms with E-state index in [1.165, 1.54) is 0 Å². The van der Waals surface area contributed by atoms with Gasteiger partial charge in [-0.3, -0.25) is 0 Å². The molecule has 116 valence electrons. The van der Waals surface area contributed by atoms with Crippen molar-refractivity contribution < 1.29 is 14.3 Å². The molecule has 1 aromatic carbocycles. The van der Waals surface area contributed by atoms with Crippen molar-refractivity contribution >= 4 is 6.09 Å². The van der Waals surface area contributed by atoms with Crippen molar-refractivity contribution in [2.45, 2.75) is 38.5 Å². The average molecular weight is 292 g/mol. The minimum atomic E-state index is -0.499. The molecule has 1 heterocycles. The molecule has 1 amide bonds. The van der Waals surface area contributed by atoms with Crippen LogP contribution in [0.15, 0.2) is 30.3 Å². The molecule has 1 unspecified atom stereocenters. The summed E-state index contributed by atoms with van der Waals surface area (Å²) in [5.74, 6) is 0. The summed E-state index contributed by atoms with van der Waals surface area (Å²) in [6.45, 7) is 7.68. The molecular formula is C16H24N2O3. The zero-order valence-electron chi connectivity index (χ0n) is 12.9. The summed E-state index contributed by atoms with van der Waals surface area (Å²) in [5.41, 5.74) is 0.553. The molecule has 0 saturated carbocycles. The largest absolute Gasteiger partial charge is 0.444 e. The normalized spacial score (nSPS) is 16.9. The summed E-state index contributed by atoms with van der Waals surface area (Å²) in [4.78, 5) is 12.0. The maximum atomic E-state index is 12.0. The molecule has 1 aliphatic heterocycles. The molecule has 0 aromatic heterocycles. The number of ether oxygens (including phenoxy) is 2. The van der Waals surface area contributed by atoms with Gasteiger partial charge in [-0.1, -0.05) is 30.3 Å². The van der Waals surface area contributed by atoms with E-state index in [4.69, 9.17) is 9.47 Å². The van der Waals surface area contributed by atoms with Crippen LogP contribution in [-0.4, -0.2) is 37.5 Å². The summed E-state index contributed by atoms with van der Waals surface area (Å²) in [6, 6.07) is 10.1. The first-order chi connectivity index (χ1) is 9.94. The van der Waals surface area contributed by atoms with Crippen LogP contribution in [0.25, 0.3) is 0 Å². The van der Waals surface area contributed by atoms with Crippen molar-refractivity contribution in [3.05, 3.63) is 35.9 Å². The molecule has 0 bridgehead atoms. The molecule has 2 N–H and O–H groups in total. The summed E-state index contributed by atoms with van der Waals surface area (Å²) in [5, 5.41) is 6.32. The van der Waals surface area contributed by atoms with Gasteiger partial charge < -0.3 is 20.1 Å². The van der Waals surface area contributed by atoms with Gasteiger partial charge in [-0.25, -0.2) is 4.79 Å². The number of alkyl carbamates (subject to hydrolysis) is 1. The Morgan fingerprint density at radius 3 is 2.52 bits per heavy atom. The number of hydrogen-bond acceptors (Lipinski definition) is 4. The van der Waals surface area contributed by atoms with E-state index < -0.39 is 11.7 Å². The smallest absolute Gasteiger partial charge is 0.408 e. The molecule has 2 rings (SSSR count). The van der Waals surface area contributed by atoms with Gasteiger partial charge in [0.2, 0.25) is 0 Å². The van der Waals surface area contributed by atoms with Gasteiger partial charge in [-0.15, -0.1) is 0 Å². The zero-order valence-corrected chi connectivity index (χ0v) is 12.9. The van der Waals surface area contributed by atoms with E-state index in [9.17, 15) is 4.79 Å². The van der Waals surface area contributed by atoms with Crippen molar-refractivity contribution in [1.82, 2.24) is 10.6 Å². The summed E-state index contributed by atoms with van der Waals surface area (Å²) >= 11 is 0. The highest BCUT2D eigenvalue weighted by Gasteiger charge is 2.23. The molecule has 0 spiro atoms. The number of amides is 1. The number of nitrogens with one attached hydrogen (secondary N) is 2. The highest BCUT2D eigenvalue weighted by Crippen LogP contribution is 2.14. The van der Waals surface area contributed by atoms with E-state index in [-0.39, 0.29) is 6.04 Å². The predicted octanol–water partition coefficient (Wildman–Crippen LogP) is 2.24. The third kappa shape index (κ3) is 5.36. The van der Waals surface area contributed by atoms with Gasteiger partial charge in [-0.05, 0) is 26.3 Å². The molecule has 1 aliphatic rings. The average Bonchev–Trinajstić information content (AvgIpc) is 2.34. The number of rotatable bonds is 5. The van der Waals surface area contributed by atoms with Crippen LogP contribution in [0.4, 0.5) is 4.79 Å². The molecule has 0 radical (unpaired) electrons. The van der Waals surface area contributed by atoms with Gasteiger partial charge in [0.15, 0.2) is 0 Å². The van der Waals surface area contributed by atoms with Crippen molar-refractivity contribution in [3.8, 4) is 0 Å². The third-order valence-electron chi connectivity index (χ3n) is 3.14. The van der Waals surface area contributed by atoms with Crippen LogP contribution in [0.1, 0.15) is 32.4 Å². The Hall–Kier alpha value is -1.59. The second-order valence-corrected chi connectivity index (χ2v) is 6.25. The highest BCUT2D eigenvalue weighted by molar-refractivity contribution is 5.68. The van der Waals surface area contributed by atoms with E-state index in [0.29, 0.717) is 12.6 Å². The third-order valence-corrected chi connectivity index (χ3v) is 3.14. The monoisotopic (exact) mass is 292 g/mol. The summed E-state index contributed by atoms with van der Waals surface area (Å²) < 4.78 is 10.5. The van der Waals surface area contributed by atoms with Gasteiger partial charge in [-0.2, -0.15) is 0 Å². The number of carbonyl (C=O) groups is 1. The van der Waals surface area contributed by atoms with Crippen molar-refractivity contribution in [1.29, 1.82) is 0 Å². The van der Waals surface area contributed by atoms with Gasteiger partial charge >= 0.3 is 6.09 Å². The van der Waals surface area contributed by atoms with Gasteiger partial charge in [0.1, 0.15) is 5.60 Å². The van der Waals surface area contributed by atoms with Crippen LogP contribution in [-0.2, 0) is 9.47 Å². The standard InChI is InChI=1S/C16H24N2O3/c1-16(2,3)21-15(19)18-14(9-17-13-10-20-11-13)12-7-5-4-6-8-12/h4-8,13-14,17H,9-11H2,1-3H3,(H,18,19). The number of hydrogen-bond donors (Lipinski definition) is 2. The van der Waals surface area contributed by atoms with Gasteiger partial charge in [0.25, 0.3) is 0 Å². The Labute approximate surface area is 126 Å². The zero-order chi connectivity index (χ0) is 15.3. The van der Waals surface area contributed by atoms with Crippen LogP contribution in [0, 0.1) is 0 Å². The molecule has 1 saturated heterocycles. The SMILES string of the molecule is CC(C)(C)OC(=O)NC(CNC1COC1)c1ccccc1. The number of carbonyl (C=O) groups excluding carboxylic acids is 1. The molecule has 1 atom stereocenters. The Morgan fingerprint density at radius 2 is 2.00 bits per heavy atom. The maximum absolute atomic E-state index is 12.0. The van der Waals surface area contributed by atoms with Gasteiger partial charge in [0, 0.05) is 6.54 Å². The lowest BCUT2D eigenvalue weighted by atomic mass is 10.1. The topological polar surface area (TPSA) is 59.6 Å². The highest BCUT2D eigenvalue weighted by atomic mass is 16.6. The Bertz CT molecular complexity index is 452. The first-order valence-corrected chi connectivity index (χ1v) is 7.29. The molecule has 0 aliphatic carbocycles. The second kappa shape index (κ2) is 6.91. The van der Waals surface area contributed by atoms with E-state index in [2.05, 4.69) is 10.6 Å².